The Morgan fingerprint density at radius 2 is 0.462 bits per heavy atom. The number of rotatable bonds is 0. The number of carboxylic acid groups (broad SMARTS) is 7. The number of carbonyl (C=O) groups is 6. The predicted octanol–water partition coefficient (Wildman–Crippen LogP) is -7.98. The topological polar surface area (TPSA) is 250 Å². The van der Waals surface area contributed by atoms with Gasteiger partial charge in [0.2, 0.25) is 0 Å². The molecule has 144 valence electrons. The molecule has 0 unspecified atom stereocenters. The molecule has 13 nitrogen and oxygen atoms in total. The molecule has 0 saturated carbocycles. The number of aliphatic carboxylic acids is 5. The van der Waals surface area contributed by atoms with E-state index in [4.69, 9.17) is 64.5 Å². The summed E-state index contributed by atoms with van der Waals surface area (Å²) in [7, 11) is 0. The Kier molecular flexibility index (Phi) is 85.6. The van der Waals surface area contributed by atoms with Gasteiger partial charge >= 0.3 is 103 Å². The van der Waals surface area contributed by atoms with Crippen LogP contribution in [0.2, 0.25) is 0 Å². The Morgan fingerprint density at radius 1 is 0.462 bits per heavy atom. The van der Waals surface area contributed by atoms with Gasteiger partial charge in [-0.1, -0.05) is 0 Å². The van der Waals surface area contributed by atoms with Crippen LogP contribution < -0.4 is 113 Å². The molecule has 0 aromatic carbocycles. The van der Waals surface area contributed by atoms with E-state index < -0.39 is 36.0 Å². The molecule has 0 spiro atoms. The Balaban J connectivity index is -0.0000000245. The van der Waals surface area contributed by atoms with Gasteiger partial charge in [0.1, 0.15) is 0 Å². The number of hydrogen-bond acceptors (Lipinski definition) is 8. The molecule has 0 aliphatic rings. The van der Waals surface area contributed by atoms with Crippen LogP contribution in [0.25, 0.3) is 0 Å². The van der Waals surface area contributed by atoms with Crippen molar-refractivity contribution in [2.24, 2.45) is 0 Å². The Labute approximate surface area is 234 Å². The zero-order valence-corrected chi connectivity index (χ0v) is 21.7. The average molecular weight is 438 g/mol. The first-order chi connectivity index (χ1) is 10.4. The van der Waals surface area contributed by atoms with Gasteiger partial charge in [-0.2, -0.15) is 0 Å². The zero-order chi connectivity index (χ0) is 21.5. The Hall–Kier alpha value is -0.107. The largest absolute Gasteiger partial charge is 1.00 e. The molecule has 15 heteroatoms. The fraction of sp³-hybridized carbons (Fsp3) is 0.455. The van der Waals surface area contributed by atoms with E-state index in [1.54, 1.807) is 0 Å². The van der Waals surface area contributed by atoms with Crippen molar-refractivity contribution in [2.75, 3.05) is 0 Å². The molecule has 0 bridgehead atoms. The number of carbonyl (C=O) groups excluding carboxylic acids is 1. The van der Waals surface area contributed by atoms with Gasteiger partial charge in [-0.05, 0) is 6.16 Å². The summed E-state index contributed by atoms with van der Waals surface area (Å²) in [5.41, 5.74) is 0. The maximum absolute atomic E-state index is 9.00. The van der Waals surface area contributed by atoms with Crippen LogP contribution in [0.4, 0.5) is 4.79 Å². The third kappa shape index (κ3) is 1090000. The van der Waals surface area contributed by atoms with Crippen LogP contribution in [0.15, 0.2) is 0 Å². The van der Waals surface area contributed by atoms with E-state index in [0.717, 1.165) is 34.6 Å². The van der Waals surface area contributed by atoms with E-state index in [1.165, 1.54) is 0 Å². The summed E-state index contributed by atoms with van der Waals surface area (Å²) >= 11 is 0. The number of carboxylic acids is 5. The molecule has 0 atom stereocenters. The molecule has 5 N–H and O–H groups in total. The van der Waals surface area contributed by atoms with Gasteiger partial charge in [0.25, 0.3) is 29.8 Å². The second-order valence-electron chi connectivity index (χ2n) is 2.85. The molecule has 0 aromatic rings. The normalized spacial score (nSPS) is 5.73. The molecule has 0 rings (SSSR count). The smallest absolute Gasteiger partial charge is 0.652 e. The molecule has 0 aliphatic heterocycles. The summed E-state index contributed by atoms with van der Waals surface area (Å²) in [6, 6.07) is 0. The SMILES string of the molecule is CC(=O)O.CC(=O)O.CC(=O)O.CC(=O)O.CC(=O)O.O=C([O-])[O-].[K+].[K+]. The van der Waals surface area contributed by atoms with E-state index in [-0.39, 0.29) is 103 Å². The van der Waals surface area contributed by atoms with Crippen LogP contribution >= 0.6 is 0 Å². The van der Waals surface area contributed by atoms with E-state index >= 15 is 0 Å². The second kappa shape index (κ2) is 44.4. The van der Waals surface area contributed by atoms with Gasteiger partial charge < -0.3 is 40.5 Å². The summed E-state index contributed by atoms with van der Waals surface area (Å²) in [6.45, 7) is 5.42. The molecule has 0 radical (unpaired) electrons. The minimum Gasteiger partial charge on any atom is -0.652 e. The van der Waals surface area contributed by atoms with Gasteiger partial charge in [-0.25, -0.2) is 0 Å². The van der Waals surface area contributed by atoms with Gasteiger partial charge in [-0.15, -0.1) is 0 Å². The van der Waals surface area contributed by atoms with Crippen LogP contribution in [-0.2, 0) is 24.0 Å². The second-order valence-corrected chi connectivity index (χ2v) is 2.85. The van der Waals surface area contributed by atoms with Crippen LogP contribution in [0, 0.1) is 0 Å². The third-order valence-corrected chi connectivity index (χ3v) is 0. The van der Waals surface area contributed by atoms with Crippen molar-refractivity contribution >= 4 is 36.0 Å². The predicted molar refractivity (Wildman–Crippen MR) is 71.9 cm³/mol. The van der Waals surface area contributed by atoms with Crippen molar-refractivity contribution < 1.29 is 167 Å². The number of hydrogen-bond donors (Lipinski definition) is 5. The molecule has 0 amide bonds. The van der Waals surface area contributed by atoms with Gasteiger partial charge in [0, 0.05) is 34.6 Å². The van der Waals surface area contributed by atoms with Crippen LogP contribution in [0.5, 0.6) is 0 Å². The van der Waals surface area contributed by atoms with Crippen molar-refractivity contribution in [1.82, 2.24) is 0 Å². The van der Waals surface area contributed by atoms with Crippen LogP contribution in [-0.4, -0.2) is 61.5 Å². The summed E-state index contributed by atoms with van der Waals surface area (Å²) in [4.78, 5) is 53.3. The molecular formula is C11H20K2O13. The summed E-state index contributed by atoms with van der Waals surface area (Å²) in [6.07, 6.45) is -2.33. The third-order valence-electron chi connectivity index (χ3n) is 0. The molecule has 0 aliphatic carbocycles. The van der Waals surface area contributed by atoms with E-state index in [1.807, 2.05) is 0 Å². The molecular weight excluding hydrogens is 418 g/mol. The first-order valence-corrected chi connectivity index (χ1v) is 5.25. The quantitative estimate of drug-likeness (QED) is 0.221. The standard InChI is InChI=1S/5C2H4O2.CH2O3.2K/c5*1-2(3)4;2-1(3)4;;/h5*1H3,(H,3,4);(H2,2,3,4);;/q;;;;;;2*+1/p-2. The van der Waals surface area contributed by atoms with E-state index in [9.17, 15) is 0 Å². The molecule has 0 fully saturated rings. The molecule has 0 aromatic heterocycles. The minimum atomic E-state index is -2.33. The summed E-state index contributed by atoms with van der Waals surface area (Å²) < 4.78 is 0. The first kappa shape index (κ1) is 50.1. The maximum Gasteiger partial charge on any atom is 1.00 e. The van der Waals surface area contributed by atoms with Crippen molar-refractivity contribution in [3.05, 3.63) is 0 Å². The van der Waals surface area contributed by atoms with Gasteiger partial charge in [0.15, 0.2) is 0 Å². The Bertz CT molecular complexity index is 265. The molecule has 26 heavy (non-hydrogen) atoms. The van der Waals surface area contributed by atoms with Crippen LogP contribution in [0.1, 0.15) is 34.6 Å². The van der Waals surface area contributed by atoms with E-state index in [0.29, 0.717) is 0 Å². The van der Waals surface area contributed by atoms with Gasteiger partial charge in [0.05, 0.1) is 0 Å². The van der Waals surface area contributed by atoms with Gasteiger partial charge in [-0.3, -0.25) is 24.0 Å². The fourth-order valence-electron chi connectivity index (χ4n) is 0. The van der Waals surface area contributed by atoms with Crippen molar-refractivity contribution in [2.45, 2.75) is 34.6 Å². The minimum absolute atomic E-state index is 0. The summed E-state index contributed by atoms with van der Waals surface area (Å²) in [5, 5.41) is 53.8. The van der Waals surface area contributed by atoms with Crippen molar-refractivity contribution in [1.29, 1.82) is 0 Å². The monoisotopic (exact) mass is 438 g/mol. The first-order valence-electron chi connectivity index (χ1n) is 5.25. The fourth-order valence-corrected chi connectivity index (χ4v) is 0. The molecule has 0 heterocycles. The Morgan fingerprint density at radius 3 is 0.462 bits per heavy atom. The maximum atomic E-state index is 9.00. The van der Waals surface area contributed by atoms with Crippen molar-refractivity contribution in [3.63, 3.8) is 0 Å². The summed E-state index contributed by atoms with van der Waals surface area (Å²) in [5.74, 6) is -4.17. The van der Waals surface area contributed by atoms with Crippen LogP contribution in [0.3, 0.4) is 0 Å². The van der Waals surface area contributed by atoms with Crippen molar-refractivity contribution in [3.8, 4) is 0 Å². The average Bonchev–Trinajstić information content (AvgIpc) is 2.08. The zero-order valence-electron chi connectivity index (χ0n) is 15.5. The van der Waals surface area contributed by atoms with E-state index in [2.05, 4.69) is 0 Å². The molecule has 0 saturated heterocycles.